The fourth-order valence-corrected chi connectivity index (χ4v) is 5.93. The Morgan fingerprint density at radius 2 is 1.72 bits per heavy atom. The quantitative estimate of drug-likeness (QED) is 0.363. The molecule has 39 heavy (non-hydrogen) atoms. The van der Waals surface area contributed by atoms with E-state index in [0.29, 0.717) is 28.3 Å². The van der Waals surface area contributed by atoms with Crippen LogP contribution in [0.5, 0.6) is 5.75 Å². The number of benzene rings is 2. The minimum atomic E-state index is -0.920. The number of hydrogen-bond acceptors (Lipinski definition) is 9. The lowest BCUT2D eigenvalue weighted by Crippen LogP contribution is -2.41. The number of allylic oxidation sites excluding steroid dienone is 1. The lowest BCUT2D eigenvalue weighted by molar-refractivity contribution is -0.139. The van der Waals surface area contributed by atoms with Crippen LogP contribution < -0.4 is 24.5 Å². The number of amides is 2. The zero-order chi connectivity index (χ0) is 28.0. The van der Waals surface area contributed by atoms with Gasteiger partial charge < -0.3 is 9.47 Å². The summed E-state index contributed by atoms with van der Waals surface area (Å²) in [7, 11) is 0. The monoisotopic (exact) mass is 545 g/mol. The number of carbonyl (C=O) groups excluding carboxylic acids is 4. The molecule has 0 saturated carbocycles. The summed E-state index contributed by atoms with van der Waals surface area (Å²) < 4.78 is 11.9. The lowest BCUT2D eigenvalue weighted by Gasteiger charge is -2.24. The first kappa shape index (κ1) is 26.0. The van der Waals surface area contributed by atoms with Crippen LogP contribution in [-0.4, -0.2) is 34.9 Å². The number of anilines is 1. The predicted octanol–water partition coefficient (Wildman–Crippen LogP) is 1.99. The van der Waals surface area contributed by atoms with Gasteiger partial charge in [-0.3, -0.25) is 23.7 Å². The fourth-order valence-electron chi connectivity index (χ4n) is 4.79. The van der Waals surface area contributed by atoms with Crippen LogP contribution in [0, 0.1) is 0 Å². The Hall–Kier alpha value is -4.64. The number of para-hydroxylation sites is 1. The van der Waals surface area contributed by atoms with Crippen molar-refractivity contribution in [3.8, 4) is 5.75 Å². The van der Waals surface area contributed by atoms with Crippen LogP contribution in [0.15, 0.2) is 69.6 Å². The van der Waals surface area contributed by atoms with Gasteiger partial charge >= 0.3 is 11.9 Å². The van der Waals surface area contributed by atoms with Crippen molar-refractivity contribution < 1.29 is 28.7 Å². The van der Waals surface area contributed by atoms with E-state index in [4.69, 9.17) is 9.47 Å². The molecule has 2 aliphatic rings. The highest BCUT2D eigenvalue weighted by molar-refractivity contribution is 7.07. The second-order valence-corrected chi connectivity index (χ2v) is 9.81. The number of fused-ring (bicyclic) bond motifs is 2. The number of esters is 2. The Balaban J connectivity index is 1.78. The van der Waals surface area contributed by atoms with Gasteiger partial charge in [-0.15, -0.1) is 0 Å². The number of carbonyl (C=O) groups is 4. The average molecular weight is 546 g/mol. The summed E-state index contributed by atoms with van der Waals surface area (Å²) in [4.78, 5) is 70.2. The van der Waals surface area contributed by atoms with Crippen molar-refractivity contribution in [2.75, 3.05) is 11.5 Å². The minimum absolute atomic E-state index is 0.104. The van der Waals surface area contributed by atoms with E-state index in [-0.39, 0.29) is 27.1 Å². The van der Waals surface area contributed by atoms with Gasteiger partial charge in [-0.2, -0.15) is 0 Å². The fraction of sp³-hybridized carbons (Fsp3) is 0.214. The number of ether oxygens (including phenoxy) is 2. The zero-order valence-corrected chi connectivity index (χ0v) is 22.3. The molecule has 0 fully saturated rings. The Bertz CT molecular complexity index is 1780. The second-order valence-electron chi connectivity index (χ2n) is 8.84. The first-order chi connectivity index (χ1) is 18.6. The van der Waals surface area contributed by atoms with Gasteiger partial charge in [0, 0.05) is 19.4 Å². The molecule has 198 valence electrons. The summed E-state index contributed by atoms with van der Waals surface area (Å²) in [6.07, 6.45) is 0. The molecule has 0 bridgehead atoms. The van der Waals surface area contributed by atoms with Crippen LogP contribution in [0.1, 0.15) is 44.9 Å². The van der Waals surface area contributed by atoms with E-state index < -0.39 is 35.4 Å². The molecule has 10 nitrogen and oxygen atoms in total. The third-order valence-electron chi connectivity index (χ3n) is 6.32. The Morgan fingerprint density at radius 1 is 1.03 bits per heavy atom. The molecule has 1 atom stereocenters. The third-order valence-corrected chi connectivity index (χ3v) is 7.38. The standard InChI is InChI=1S/C28H23N3O7S/c1-5-37-27(36)21-14(2)29-28-31(23(21)17-10-12-18(13-11-17)38-16(4)33)26(35)24(39-28)22-19-8-6-7-9-20(19)30(15(3)32)25(22)34/h6-13,23H,5H2,1-4H3/b24-22-/t23-/m1/s1. The molecule has 11 heteroatoms. The van der Waals surface area contributed by atoms with Crippen molar-refractivity contribution in [1.29, 1.82) is 0 Å². The lowest BCUT2D eigenvalue weighted by atomic mass is 9.96. The SMILES string of the molecule is CCOC(=O)C1=C(C)N=c2s/c(=C3\C(=O)N(C(C)=O)c4ccccc43)c(=O)n2[C@@H]1c1ccc(OC(C)=O)cc1. The molecule has 0 N–H and O–H groups in total. The molecule has 3 heterocycles. The van der Waals surface area contributed by atoms with E-state index in [1.165, 1.54) is 18.4 Å². The van der Waals surface area contributed by atoms with Gasteiger partial charge in [-0.1, -0.05) is 41.7 Å². The van der Waals surface area contributed by atoms with Crippen LogP contribution in [0.2, 0.25) is 0 Å². The molecule has 0 radical (unpaired) electrons. The second kappa shape index (κ2) is 9.91. The van der Waals surface area contributed by atoms with Crippen molar-refractivity contribution in [2.24, 2.45) is 4.99 Å². The van der Waals surface area contributed by atoms with E-state index in [0.717, 1.165) is 16.2 Å². The number of rotatable bonds is 4. The van der Waals surface area contributed by atoms with E-state index >= 15 is 0 Å². The maximum absolute atomic E-state index is 14.1. The highest BCUT2D eigenvalue weighted by Gasteiger charge is 2.38. The first-order valence-corrected chi connectivity index (χ1v) is 12.9. The average Bonchev–Trinajstić information content (AvgIpc) is 3.35. The summed E-state index contributed by atoms with van der Waals surface area (Å²) in [6.45, 7) is 6.02. The molecular weight excluding hydrogens is 522 g/mol. The largest absolute Gasteiger partial charge is 0.463 e. The van der Waals surface area contributed by atoms with Crippen molar-refractivity contribution in [2.45, 2.75) is 33.7 Å². The van der Waals surface area contributed by atoms with Gasteiger partial charge in [-0.25, -0.2) is 14.7 Å². The van der Waals surface area contributed by atoms with Crippen LogP contribution >= 0.6 is 11.3 Å². The predicted molar refractivity (Wildman–Crippen MR) is 142 cm³/mol. The summed E-state index contributed by atoms with van der Waals surface area (Å²) >= 11 is 1.01. The zero-order valence-electron chi connectivity index (χ0n) is 21.5. The molecule has 0 spiro atoms. The van der Waals surface area contributed by atoms with E-state index in [1.54, 1.807) is 62.4 Å². The summed E-state index contributed by atoms with van der Waals surface area (Å²) in [5, 5.41) is 0. The molecule has 5 rings (SSSR count). The minimum Gasteiger partial charge on any atom is -0.463 e. The smallest absolute Gasteiger partial charge is 0.338 e. The first-order valence-electron chi connectivity index (χ1n) is 12.1. The molecular formula is C28H23N3O7S. The molecule has 0 aliphatic carbocycles. The van der Waals surface area contributed by atoms with Crippen LogP contribution in [0.3, 0.4) is 0 Å². The number of thiazole rings is 1. The van der Waals surface area contributed by atoms with Crippen LogP contribution in [-0.2, 0) is 23.9 Å². The highest BCUT2D eigenvalue weighted by atomic mass is 32.1. The van der Waals surface area contributed by atoms with Crippen LogP contribution in [0.4, 0.5) is 5.69 Å². The maximum Gasteiger partial charge on any atom is 0.338 e. The van der Waals surface area contributed by atoms with E-state index in [1.807, 2.05) is 0 Å². The molecule has 0 saturated heterocycles. The summed E-state index contributed by atoms with van der Waals surface area (Å²) in [5.74, 6) is -1.88. The number of imide groups is 1. The van der Waals surface area contributed by atoms with Gasteiger partial charge in [0.05, 0.1) is 35.2 Å². The molecule has 0 unspecified atom stereocenters. The maximum atomic E-state index is 14.1. The Kier molecular flexibility index (Phi) is 6.61. The Labute approximate surface area is 226 Å². The number of hydrogen-bond donors (Lipinski definition) is 0. The van der Waals surface area contributed by atoms with Gasteiger partial charge in [-0.05, 0) is 37.6 Å². The molecule has 2 aromatic carbocycles. The van der Waals surface area contributed by atoms with Crippen molar-refractivity contribution in [3.63, 3.8) is 0 Å². The highest BCUT2D eigenvalue weighted by Crippen LogP contribution is 2.36. The normalized spacial score (nSPS) is 17.4. The van der Waals surface area contributed by atoms with Crippen LogP contribution in [0.25, 0.3) is 5.57 Å². The number of nitrogens with zero attached hydrogens (tertiary/aromatic N) is 3. The van der Waals surface area contributed by atoms with Gasteiger partial charge in [0.1, 0.15) is 10.3 Å². The Morgan fingerprint density at radius 3 is 2.36 bits per heavy atom. The molecule has 2 aliphatic heterocycles. The van der Waals surface area contributed by atoms with E-state index in [2.05, 4.69) is 4.99 Å². The van der Waals surface area contributed by atoms with Gasteiger partial charge in [0.2, 0.25) is 5.91 Å². The molecule has 3 aromatic rings. The molecule has 2 amide bonds. The number of aromatic nitrogens is 1. The molecule has 1 aromatic heterocycles. The summed E-state index contributed by atoms with van der Waals surface area (Å²) in [6, 6.07) is 12.3. The van der Waals surface area contributed by atoms with Gasteiger partial charge in [0.25, 0.3) is 11.5 Å². The van der Waals surface area contributed by atoms with E-state index in [9.17, 15) is 24.0 Å². The van der Waals surface area contributed by atoms with Crippen molar-refractivity contribution >= 4 is 46.4 Å². The third kappa shape index (κ3) is 4.30. The topological polar surface area (TPSA) is 124 Å². The summed E-state index contributed by atoms with van der Waals surface area (Å²) in [5.41, 5.74) is 1.51. The van der Waals surface area contributed by atoms with Gasteiger partial charge in [0.15, 0.2) is 4.80 Å². The van der Waals surface area contributed by atoms with Crippen molar-refractivity contribution in [3.05, 3.63) is 90.6 Å². The van der Waals surface area contributed by atoms with Crippen molar-refractivity contribution in [1.82, 2.24) is 4.57 Å².